The lowest BCUT2D eigenvalue weighted by Crippen LogP contribution is -2.24. The fourth-order valence-electron chi connectivity index (χ4n) is 2.27. The molecule has 2 rings (SSSR count). The van der Waals surface area contributed by atoms with Crippen molar-refractivity contribution >= 4 is 0 Å². The van der Waals surface area contributed by atoms with Crippen molar-refractivity contribution in [2.45, 2.75) is 51.4 Å². The summed E-state index contributed by atoms with van der Waals surface area (Å²) in [6.07, 6.45) is 1.26. The first-order chi connectivity index (χ1) is 8.87. The van der Waals surface area contributed by atoms with E-state index in [2.05, 4.69) is 0 Å². The van der Waals surface area contributed by atoms with Gasteiger partial charge in [0, 0.05) is 0 Å². The SMILES string of the molecule is C[C@H](O)c1ccc(OCC2CCC(C)(C)O2)c(F)c1. The van der Waals surface area contributed by atoms with Crippen molar-refractivity contribution in [2.24, 2.45) is 0 Å². The Kier molecular flexibility index (Phi) is 4.11. The standard InChI is InChI=1S/C15H21FO3/c1-10(17)11-4-5-14(13(16)8-11)18-9-12-6-7-15(2,3)19-12/h4-5,8,10,12,17H,6-7,9H2,1-3H3/t10-,12?/m0/s1. The van der Waals surface area contributed by atoms with Gasteiger partial charge in [0.25, 0.3) is 0 Å². The third-order valence-corrected chi connectivity index (χ3v) is 3.42. The first-order valence-corrected chi connectivity index (χ1v) is 6.65. The summed E-state index contributed by atoms with van der Waals surface area (Å²) in [7, 11) is 0. The normalized spacial score (nSPS) is 23.3. The fourth-order valence-corrected chi connectivity index (χ4v) is 2.27. The highest BCUT2D eigenvalue weighted by atomic mass is 19.1. The number of aliphatic hydroxyl groups excluding tert-OH is 1. The summed E-state index contributed by atoms with van der Waals surface area (Å²) in [5.41, 5.74) is 0.436. The molecule has 1 heterocycles. The Bertz CT molecular complexity index is 443. The molecule has 1 N–H and O–H groups in total. The molecule has 19 heavy (non-hydrogen) atoms. The minimum Gasteiger partial charge on any atom is -0.488 e. The van der Waals surface area contributed by atoms with E-state index in [4.69, 9.17) is 9.47 Å². The van der Waals surface area contributed by atoms with E-state index in [1.807, 2.05) is 13.8 Å². The molecule has 0 radical (unpaired) electrons. The van der Waals surface area contributed by atoms with Crippen LogP contribution in [0.2, 0.25) is 0 Å². The molecule has 1 aromatic carbocycles. The number of ether oxygens (including phenoxy) is 2. The van der Waals surface area contributed by atoms with Gasteiger partial charge in [-0.2, -0.15) is 0 Å². The van der Waals surface area contributed by atoms with Gasteiger partial charge in [0.15, 0.2) is 11.6 Å². The molecule has 1 fully saturated rings. The quantitative estimate of drug-likeness (QED) is 0.911. The van der Waals surface area contributed by atoms with E-state index in [0.717, 1.165) is 12.8 Å². The highest BCUT2D eigenvalue weighted by molar-refractivity contribution is 5.30. The highest BCUT2D eigenvalue weighted by Gasteiger charge is 2.32. The van der Waals surface area contributed by atoms with Crippen LogP contribution >= 0.6 is 0 Å². The Hall–Kier alpha value is -1.13. The van der Waals surface area contributed by atoms with Crippen molar-refractivity contribution in [3.63, 3.8) is 0 Å². The highest BCUT2D eigenvalue weighted by Crippen LogP contribution is 2.30. The summed E-state index contributed by atoms with van der Waals surface area (Å²) in [4.78, 5) is 0. The number of hydrogen-bond donors (Lipinski definition) is 1. The van der Waals surface area contributed by atoms with E-state index in [-0.39, 0.29) is 17.5 Å². The van der Waals surface area contributed by atoms with Crippen LogP contribution in [0.4, 0.5) is 4.39 Å². The molecule has 1 aliphatic heterocycles. The van der Waals surface area contributed by atoms with E-state index < -0.39 is 11.9 Å². The first-order valence-electron chi connectivity index (χ1n) is 6.65. The summed E-state index contributed by atoms with van der Waals surface area (Å²) in [6.45, 7) is 6.05. The van der Waals surface area contributed by atoms with Gasteiger partial charge in [-0.3, -0.25) is 0 Å². The first kappa shape index (κ1) is 14.3. The molecule has 1 unspecified atom stereocenters. The smallest absolute Gasteiger partial charge is 0.165 e. The van der Waals surface area contributed by atoms with Gasteiger partial charge in [-0.25, -0.2) is 4.39 Å². The van der Waals surface area contributed by atoms with Crippen molar-refractivity contribution in [1.29, 1.82) is 0 Å². The molecule has 0 aromatic heterocycles. The number of rotatable bonds is 4. The summed E-state index contributed by atoms with van der Waals surface area (Å²) >= 11 is 0. The lowest BCUT2D eigenvalue weighted by Gasteiger charge is -2.19. The number of hydrogen-bond acceptors (Lipinski definition) is 3. The summed E-state index contributed by atoms with van der Waals surface area (Å²) in [5, 5.41) is 9.37. The van der Waals surface area contributed by atoms with Crippen molar-refractivity contribution in [2.75, 3.05) is 6.61 Å². The van der Waals surface area contributed by atoms with Crippen LogP contribution < -0.4 is 4.74 Å². The molecule has 1 saturated heterocycles. The van der Waals surface area contributed by atoms with Crippen LogP contribution in [0.15, 0.2) is 18.2 Å². The summed E-state index contributed by atoms with van der Waals surface area (Å²) in [6, 6.07) is 4.53. The second kappa shape index (κ2) is 5.47. The summed E-state index contributed by atoms with van der Waals surface area (Å²) < 4.78 is 25.0. The Labute approximate surface area is 113 Å². The lowest BCUT2D eigenvalue weighted by atomic mass is 10.1. The third-order valence-electron chi connectivity index (χ3n) is 3.42. The van der Waals surface area contributed by atoms with Crippen molar-refractivity contribution in [1.82, 2.24) is 0 Å². The van der Waals surface area contributed by atoms with Gasteiger partial charge >= 0.3 is 0 Å². The third kappa shape index (κ3) is 3.67. The second-order valence-corrected chi connectivity index (χ2v) is 5.72. The maximum atomic E-state index is 13.8. The number of aliphatic hydroxyl groups is 1. The van der Waals surface area contributed by atoms with Gasteiger partial charge in [0.2, 0.25) is 0 Å². The molecule has 0 spiro atoms. The van der Waals surface area contributed by atoms with E-state index in [1.54, 1.807) is 19.1 Å². The minimum absolute atomic E-state index is 0.0193. The molecular weight excluding hydrogens is 247 g/mol. The molecule has 0 aliphatic carbocycles. The molecule has 4 heteroatoms. The monoisotopic (exact) mass is 268 g/mol. The molecule has 106 valence electrons. The number of halogens is 1. The van der Waals surface area contributed by atoms with Gasteiger partial charge in [-0.1, -0.05) is 6.07 Å². The molecular formula is C15H21FO3. The van der Waals surface area contributed by atoms with Crippen LogP contribution in [0.5, 0.6) is 5.75 Å². The Morgan fingerprint density at radius 3 is 2.79 bits per heavy atom. The van der Waals surface area contributed by atoms with Crippen molar-refractivity contribution < 1.29 is 19.0 Å². The van der Waals surface area contributed by atoms with Gasteiger partial charge in [0.05, 0.1) is 17.8 Å². The van der Waals surface area contributed by atoms with E-state index in [9.17, 15) is 9.50 Å². The van der Waals surface area contributed by atoms with Gasteiger partial charge in [-0.05, 0) is 51.3 Å². The average Bonchev–Trinajstić information content (AvgIpc) is 2.67. The molecule has 0 bridgehead atoms. The Balaban J connectivity index is 1.93. The van der Waals surface area contributed by atoms with Gasteiger partial charge < -0.3 is 14.6 Å². The molecule has 0 amide bonds. The fraction of sp³-hybridized carbons (Fsp3) is 0.600. The average molecular weight is 268 g/mol. The predicted octanol–water partition coefficient (Wildman–Crippen LogP) is 3.22. The Morgan fingerprint density at radius 1 is 1.53 bits per heavy atom. The largest absolute Gasteiger partial charge is 0.488 e. The van der Waals surface area contributed by atoms with Crippen LogP contribution in [-0.2, 0) is 4.74 Å². The maximum Gasteiger partial charge on any atom is 0.165 e. The zero-order valence-electron chi connectivity index (χ0n) is 11.6. The number of benzene rings is 1. The zero-order valence-corrected chi connectivity index (χ0v) is 11.6. The van der Waals surface area contributed by atoms with Crippen LogP contribution in [-0.4, -0.2) is 23.4 Å². The molecule has 1 aromatic rings. The predicted molar refractivity (Wildman–Crippen MR) is 70.7 cm³/mol. The Morgan fingerprint density at radius 2 is 2.26 bits per heavy atom. The van der Waals surface area contributed by atoms with Gasteiger partial charge in [-0.15, -0.1) is 0 Å². The minimum atomic E-state index is -0.678. The van der Waals surface area contributed by atoms with E-state index >= 15 is 0 Å². The summed E-state index contributed by atoms with van der Waals surface area (Å²) in [5.74, 6) is -0.242. The zero-order chi connectivity index (χ0) is 14.0. The molecule has 1 aliphatic rings. The van der Waals surface area contributed by atoms with Crippen molar-refractivity contribution in [3.05, 3.63) is 29.6 Å². The topological polar surface area (TPSA) is 38.7 Å². The molecule has 0 saturated carbocycles. The van der Waals surface area contributed by atoms with E-state index in [1.165, 1.54) is 6.07 Å². The molecule has 3 nitrogen and oxygen atoms in total. The van der Waals surface area contributed by atoms with Crippen LogP contribution in [0, 0.1) is 5.82 Å². The molecule has 2 atom stereocenters. The second-order valence-electron chi connectivity index (χ2n) is 5.72. The maximum absolute atomic E-state index is 13.8. The van der Waals surface area contributed by atoms with Crippen molar-refractivity contribution in [3.8, 4) is 5.75 Å². The van der Waals surface area contributed by atoms with Crippen LogP contribution in [0.25, 0.3) is 0 Å². The van der Waals surface area contributed by atoms with Crippen LogP contribution in [0.3, 0.4) is 0 Å². The lowest BCUT2D eigenvalue weighted by molar-refractivity contribution is -0.0330. The van der Waals surface area contributed by atoms with Crippen LogP contribution in [0.1, 0.15) is 45.3 Å². The van der Waals surface area contributed by atoms with E-state index in [0.29, 0.717) is 12.2 Å². The van der Waals surface area contributed by atoms with Gasteiger partial charge in [0.1, 0.15) is 6.61 Å².